The number of para-hydroxylation sites is 1. The molecule has 0 aliphatic rings. The molecule has 2 heterocycles. The van der Waals surface area contributed by atoms with E-state index in [4.69, 9.17) is 4.42 Å². The van der Waals surface area contributed by atoms with E-state index in [1.54, 1.807) is 73.7 Å². The van der Waals surface area contributed by atoms with Crippen LogP contribution in [-0.2, 0) is 9.73 Å². The van der Waals surface area contributed by atoms with E-state index in [1.165, 1.54) is 24.9 Å². The number of carbonyl (C=O) groups excluding carboxylic acids is 2. The summed E-state index contributed by atoms with van der Waals surface area (Å²) in [6, 6.07) is 19.0. The minimum atomic E-state index is -2.90. The van der Waals surface area contributed by atoms with Crippen molar-refractivity contribution in [3.8, 4) is 11.8 Å². The monoisotopic (exact) mass is 483 g/mol. The van der Waals surface area contributed by atoms with E-state index >= 15 is 0 Å². The molecule has 4 rings (SSSR count). The van der Waals surface area contributed by atoms with Crippen LogP contribution in [0.5, 0.6) is 0 Å². The molecule has 0 fully saturated rings. The van der Waals surface area contributed by atoms with Gasteiger partial charge in [0, 0.05) is 40.2 Å². The topological polar surface area (TPSA) is 102 Å². The van der Waals surface area contributed by atoms with Gasteiger partial charge in [-0.05, 0) is 43.3 Å². The SMILES string of the molecule is Cc1ccoc1C(=O)Nc1ccccc1C#Cc1cncc(C(=O)N=[S@@](C)(=O)c2ccccc2)c1. The van der Waals surface area contributed by atoms with E-state index in [0.717, 1.165) is 5.56 Å². The van der Waals surface area contributed by atoms with Crippen LogP contribution in [0.1, 0.15) is 37.6 Å². The van der Waals surface area contributed by atoms with Crippen LogP contribution in [0.3, 0.4) is 0 Å². The second kappa shape index (κ2) is 10.2. The number of nitrogens with zero attached hydrogens (tertiary/aromatic N) is 2. The Morgan fingerprint density at radius 1 is 1.00 bits per heavy atom. The maximum atomic E-state index is 12.9. The standard InChI is InChI=1S/C27H21N3O4S/c1-19-14-15-34-25(19)27(32)29-24-11-7-6-8-21(24)13-12-20-16-22(18-28-17-20)26(31)30-35(2,33)23-9-4-3-5-10-23/h3-11,14-18H,1-2H3,(H,29,32)/t35-/m0/s1. The zero-order valence-electron chi connectivity index (χ0n) is 19.0. The van der Waals surface area contributed by atoms with Crippen LogP contribution >= 0.6 is 0 Å². The maximum absolute atomic E-state index is 12.9. The molecule has 174 valence electrons. The number of benzene rings is 2. The van der Waals surface area contributed by atoms with Crippen LogP contribution in [-0.4, -0.2) is 27.3 Å². The Morgan fingerprint density at radius 3 is 2.49 bits per heavy atom. The molecule has 35 heavy (non-hydrogen) atoms. The molecule has 0 saturated heterocycles. The maximum Gasteiger partial charge on any atom is 0.291 e. The number of pyridine rings is 1. The van der Waals surface area contributed by atoms with Gasteiger partial charge in [-0.25, -0.2) is 4.21 Å². The zero-order valence-corrected chi connectivity index (χ0v) is 19.8. The number of anilines is 1. The molecule has 0 aliphatic heterocycles. The van der Waals surface area contributed by atoms with Gasteiger partial charge in [-0.3, -0.25) is 14.6 Å². The van der Waals surface area contributed by atoms with Crippen LogP contribution in [0.2, 0.25) is 0 Å². The molecule has 8 heteroatoms. The lowest BCUT2D eigenvalue weighted by Gasteiger charge is -2.06. The predicted octanol–water partition coefficient (Wildman–Crippen LogP) is 4.93. The van der Waals surface area contributed by atoms with Gasteiger partial charge in [0.05, 0.1) is 27.2 Å². The first-order valence-electron chi connectivity index (χ1n) is 10.6. The quantitative estimate of drug-likeness (QED) is 0.415. The van der Waals surface area contributed by atoms with Crippen LogP contribution < -0.4 is 5.32 Å². The Hall–Kier alpha value is -4.48. The van der Waals surface area contributed by atoms with E-state index in [-0.39, 0.29) is 17.2 Å². The first kappa shape index (κ1) is 23.7. The highest BCUT2D eigenvalue weighted by Gasteiger charge is 2.14. The third-order valence-electron chi connectivity index (χ3n) is 5.01. The zero-order chi connectivity index (χ0) is 24.8. The normalized spacial score (nSPS) is 12.1. The number of hydrogen-bond donors (Lipinski definition) is 1. The molecule has 0 spiro atoms. The van der Waals surface area contributed by atoms with E-state index < -0.39 is 15.6 Å². The minimum Gasteiger partial charge on any atom is -0.459 e. The largest absolute Gasteiger partial charge is 0.459 e. The van der Waals surface area contributed by atoms with Crippen molar-refractivity contribution in [3.63, 3.8) is 0 Å². The molecule has 2 amide bonds. The molecule has 7 nitrogen and oxygen atoms in total. The van der Waals surface area contributed by atoms with Crippen LogP contribution in [0.4, 0.5) is 5.69 Å². The fourth-order valence-electron chi connectivity index (χ4n) is 3.19. The number of amides is 2. The van der Waals surface area contributed by atoms with Gasteiger partial charge in [-0.15, -0.1) is 0 Å². The van der Waals surface area contributed by atoms with Crippen molar-refractivity contribution in [2.75, 3.05) is 11.6 Å². The summed E-state index contributed by atoms with van der Waals surface area (Å²) < 4.78 is 22.1. The summed E-state index contributed by atoms with van der Waals surface area (Å²) in [5.74, 6) is 5.18. The van der Waals surface area contributed by atoms with Crippen molar-refractivity contribution in [3.05, 3.63) is 113 Å². The molecule has 1 atom stereocenters. The Morgan fingerprint density at radius 2 is 1.74 bits per heavy atom. The third-order valence-corrected chi connectivity index (χ3v) is 6.67. The van der Waals surface area contributed by atoms with E-state index in [1.807, 2.05) is 0 Å². The molecular formula is C27H21N3O4S. The molecule has 0 saturated carbocycles. The lowest BCUT2D eigenvalue weighted by atomic mass is 10.1. The van der Waals surface area contributed by atoms with Crippen molar-refractivity contribution in [1.82, 2.24) is 4.98 Å². The number of rotatable bonds is 4. The first-order valence-corrected chi connectivity index (χ1v) is 12.5. The highest BCUT2D eigenvalue weighted by Crippen LogP contribution is 2.18. The van der Waals surface area contributed by atoms with Crippen molar-refractivity contribution in [2.45, 2.75) is 11.8 Å². The number of aromatic nitrogens is 1. The van der Waals surface area contributed by atoms with Gasteiger partial charge in [0.25, 0.3) is 11.8 Å². The lowest BCUT2D eigenvalue weighted by Crippen LogP contribution is -2.13. The molecule has 2 aromatic carbocycles. The number of furan rings is 1. The average Bonchev–Trinajstić information content (AvgIpc) is 3.30. The van der Waals surface area contributed by atoms with Gasteiger partial charge in [-0.2, -0.15) is 4.36 Å². The Labute approximate surface area is 203 Å². The second-order valence-electron chi connectivity index (χ2n) is 7.66. The van der Waals surface area contributed by atoms with Gasteiger partial charge >= 0.3 is 0 Å². The highest BCUT2D eigenvalue weighted by atomic mass is 32.2. The Kier molecular flexibility index (Phi) is 6.90. The third kappa shape index (κ3) is 5.72. The minimum absolute atomic E-state index is 0.178. The smallest absolute Gasteiger partial charge is 0.291 e. The van der Waals surface area contributed by atoms with Gasteiger partial charge < -0.3 is 9.73 Å². The van der Waals surface area contributed by atoms with Gasteiger partial charge in [0.2, 0.25) is 0 Å². The molecule has 0 radical (unpaired) electrons. The summed E-state index contributed by atoms with van der Waals surface area (Å²) in [7, 11) is -2.90. The first-order chi connectivity index (χ1) is 16.8. The Balaban J connectivity index is 1.58. The van der Waals surface area contributed by atoms with Gasteiger partial charge in [0.1, 0.15) is 0 Å². The number of hydrogen-bond acceptors (Lipinski definition) is 5. The fourth-order valence-corrected chi connectivity index (χ4v) is 4.38. The summed E-state index contributed by atoms with van der Waals surface area (Å²) in [6.45, 7) is 1.79. The highest BCUT2D eigenvalue weighted by molar-refractivity contribution is 7.93. The van der Waals surface area contributed by atoms with Gasteiger partial charge in [0.15, 0.2) is 5.76 Å². The number of carbonyl (C=O) groups is 2. The molecule has 4 aromatic rings. The van der Waals surface area contributed by atoms with Crippen LogP contribution in [0.25, 0.3) is 0 Å². The second-order valence-corrected chi connectivity index (χ2v) is 9.92. The van der Waals surface area contributed by atoms with Crippen molar-refractivity contribution in [2.24, 2.45) is 4.36 Å². The number of nitrogens with one attached hydrogen (secondary N) is 1. The average molecular weight is 484 g/mol. The lowest BCUT2D eigenvalue weighted by molar-refractivity contribution is 0.0991. The van der Waals surface area contributed by atoms with Crippen LogP contribution in [0.15, 0.2) is 99.1 Å². The molecule has 2 aromatic heterocycles. The Bertz CT molecular complexity index is 1590. The van der Waals surface area contributed by atoms with Gasteiger partial charge in [-0.1, -0.05) is 42.2 Å². The van der Waals surface area contributed by atoms with Crippen LogP contribution in [0, 0.1) is 18.8 Å². The van der Waals surface area contributed by atoms with E-state index in [0.29, 0.717) is 21.7 Å². The summed E-state index contributed by atoms with van der Waals surface area (Å²) in [4.78, 5) is 29.8. The van der Waals surface area contributed by atoms with E-state index in [9.17, 15) is 13.8 Å². The number of aryl methyl sites for hydroxylation is 1. The molecular weight excluding hydrogens is 462 g/mol. The molecule has 0 bridgehead atoms. The summed E-state index contributed by atoms with van der Waals surface area (Å²) in [6.07, 6.45) is 5.75. The van der Waals surface area contributed by atoms with Crippen molar-refractivity contribution < 1.29 is 18.2 Å². The molecule has 1 N–H and O–H groups in total. The molecule has 0 aliphatic carbocycles. The fraction of sp³-hybridized carbons (Fsp3) is 0.0741. The summed E-state index contributed by atoms with van der Waals surface area (Å²) >= 11 is 0. The van der Waals surface area contributed by atoms with Crippen molar-refractivity contribution >= 4 is 27.2 Å². The van der Waals surface area contributed by atoms with Crippen molar-refractivity contribution in [1.29, 1.82) is 0 Å². The molecule has 0 unspecified atom stereocenters. The summed E-state index contributed by atoms with van der Waals surface area (Å²) in [5.41, 5.74) is 2.47. The van der Waals surface area contributed by atoms with E-state index in [2.05, 4.69) is 26.5 Å². The predicted molar refractivity (Wildman–Crippen MR) is 134 cm³/mol. The summed E-state index contributed by atoms with van der Waals surface area (Å²) in [5, 5.41) is 2.81.